The van der Waals surface area contributed by atoms with Gasteiger partial charge < -0.3 is 4.90 Å². The molecule has 1 fully saturated rings. The molecule has 1 saturated heterocycles. The molecular weight excluding hydrogens is 357 g/mol. The van der Waals surface area contributed by atoms with Gasteiger partial charge in [-0.05, 0) is 36.4 Å². The number of nitrogens with zero attached hydrogens (tertiary/aromatic N) is 3. The second-order valence-corrected chi connectivity index (χ2v) is 8.24. The van der Waals surface area contributed by atoms with Crippen molar-refractivity contribution in [1.82, 2.24) is 14.2 Å². The summed E-state index contributed by atoms with van der Waals surface area (Å²) in [5.74, 6) is -1.12. The van der Waals surface area contributed by atoms with E-state index in [0.29, 0.717) is 13.0 Å². The van der Waals surface area contributed by atoms with E-state index in [2.05, 4.69) is 4.98 Å². The second kappa shape index (κ2) is 7.51. The van der Waals surface area contributed by atoms with Crippen LogP contribution in [0.1, 0.15) is 5.69 Å². The first kappa shape index (κ1) is 18.5. The molecule has 1 aromatic heterocycles. The highest BCUT2D eigenvalue weighted by Gasteiger charge is 2.34. The first-order valence-corrected chi connectivity index (χ1v) is 9.72. The van der Waals surface area contributed by atoms with E-state index < -0.39 is 21.8 Å². The molecule has 1 aliphatic heterocycles. The zero-order chi connectivity index (χ0) is 18.7. The van der Waals surface area contributed by atoms with Crippen LogP contribution in [0.2, 0.25) is 0 Å². The fraction of sp³-hybridized carbons (Fsp3) is 0.333. The molecule has 8 heteroatoms. The van der Waals surface area contributed by atoms with Gasteiger partial charge in [-0.3, -0.25) is 9.78 Å². The lowest BCUT2D eigenvalue weighted by Gasteiger charge is -2.22. The van der Waals surface area contributed by atoms with E-state index in [-0.39, 0.29) is 23.9 Å². The molecule has 138 valence electrons. The topological polar surface area (TPSA) is 70.6 Å². The highest BCUT2D eigenvalue weighted by atomic mass is 32.2. The van der Waals surface area contributed by atoms with Gasteiger partial charge in [0.2, 0.25) is 15.9 Å². The van der Waals surface area contributed by atoms with Crippen molar-refractivity contribution in [3.05, 3.63) is 60.2 Å². The van der Waals surface area contributed by atoms with Crippen LogP contribution in [0, 0.1) is 11.7 Å². The van der Waals surface area contributed by atoms with Gasteiger partial charge in [-0.25, -0.2) is 12.8 Å². The average molecular weight is 377 g/mol. The standard InChI is InChI=1S/C18H20FN3O3S/c1-21-10-11-22(26(24,25)17-7-5-15(19)6-8-17)13-14(18(21)23)12-16-4-2-3-9-20-16/h2-9,14H,10-13H2,1H3. The maximum atomic E-state index is 13.1. The van der Waals surface area contributed by atoms with E-state index >= 15 is 0 Å². The Hall–Kier alpha value is -2.32. The van der Waals surface area contributed by atoms with Crippen LogP contribution in [0.15, 0.2) is 53.6 Å². The number of sulfonamides is 1. The molecule has 1 unspecified atom stereocenters. The Balaban J connectivity index is 1.87. The molecule has 3 rings (SSSR count). The van der Waals surface area contributed by atoms with E-state index in [4.69, 9.17) is 0 Å². The number of likely N-dealkylation sites (N-methyl/N-ethyl adjacent to an activating group) is 1. The van der Waals surface area contributed by atoms with Crippen molar-refractivity contribution in [1.29, 1.82) is 0 Å². The minimum atomic E-state index is -3.81. The normalized spacial score (nSPS) is 19.4. The molecular formula is C18H20FN3O3S. The van der Waals surface area contributed by atoms with E-state index in [0.717, 1.165) is 17.8 Å². The van der Waals surface area contributed by atoms with Crippen molar-refractivity contribution >= 4 is 15.9 Å². The van der Waals surface area contributed by atoms with Crippen LogP contribution in [0.3, 0.4) is 0 Å². The van der Waals surface area contributed by atoms with Gasteiger partial charge in [0.15, 0.2) is 0 Å². The maximum absolute atomic E-state index is 13.1. The Labute approximate surface area is 152 Å². The molecule has 2 heterocycles. The number of amides is 1. The van der Waals surface area contributed by atoms with E-state index in [9.17, 15) is 17.6 Å². The van der Waals surface area contributed by atoms with Crippen molar-refractivity contribution in [2.45, 2.75) is 11.3 Å². The third-order valence-electron chi connectivity index (χ3n) is 4.47. The summed E-state index contributed by atoms with van der Waals surface area (Å²) in [7, 11) is -2.14. The van der Waals surface area contributed by atoms with Crippen LogP contribution in [0.5, 0.6) is 0 Å². The Kier molecular flexibility index (Phi) is 5.33. The maximum Gasteiger partial charge on any atom is 0.243 e. The Morgan fingerprint density at radius 1 is 1.15 bits per heavy atom. The van der Waals surface area contributed by atoms with E-state index in [1.807, 2.05) is 12.1 Å². The summed E-state index contributed by atoms with van der Waals surface area (Å²) in [6.07, 6.45) is 2.01. The van der Waals surface area contributed by atoms with Gasteiger partial charge in [-0.1, -0.05) is 6.07 Å². The van der Waals surface area contributed by atoms with Gasteiger partial charge in [0.05, 0.1) is 10.8 Å². The highest BCUT2D eigenvalue weighted by molar-refractivity contribution is 7.89. The second-order valence-electron chi connectivity index (χ2n) is 6.30. The number of hydrogen-bond acceptors (Lipinski definition) is 4. The number of pyridine rings is 1. The van der Waals surface area contributed by atoms with Crippen LogP contribution in [0.4, 0.5) is 4.39 Å². The molecule has 1 amide bonds. The first-order valence-electron chi connectivity index (χ1n) is 8.28. The molecule has 1 aromatic carbocycles. The van der Waals surface area contributed by atoms with Gasteiger partial charge in [-0.2, -0.15) is 4.31 Å². The quantitative estimate of drug-likeness (QED) is 0.810. The predicted molar refractivity (Wildman–Crippen MR) is 94.2 cm³/mol. The smallest absolute Gasteiger partial charge is 0.243 e. The van der Waals surface area contributed by atoms with Crippen LogP contribution in [-0.4, -0.2) is 55.2 Å². The summed E-state index contributed by atoms with van der Waals surface area (Å²) >= 11 is 0. The third kappa shape index (κ3) is 3.91. The minimum Gasteiger partial charge on any atom is -0.344 e. The molecule has 1 atom stereocenters. The first-order chi connectivity index (χ1) is 12.4. The Morgan fingerprint density at radius 3 is 2.54 bits per heavy atom. The molecule has 1 aliphatic rings. The summed E-state index contributed by atoms with van der Waals surface area (Å²) in [6.45, 7) is 0.568. The van der Waals surface area contributed by atoms with Gasteiger partial charge in [0.1, 0.15) is 5.82 Å². The molecule has 0 aliphatic carbocycles. The number of carbonyl (C=O) groups excluding carboxylic acids is 1. The fourth-order valence-corrected chi connectivity index (χ4v) is 4.47. The SMILES string of the molecule is CN1CCN(S(=O)(=O)c2ccc(F)cc2)CC(Cc2ccccn2)C1=O. The summed E-state index contributed by atoms with van der Waals surface area (Å²) < 4.78 is 40.3. The van der Waals surface area contributed by atoms with Crippen molar-refractivity contribution in [2.75, 3.05) is 26.7 Å². The molecule has 26 heavy (non-hydrogen) atoms. The summed E-state index contributed by atoms with van der Waals surface area (Å²) in [5.41, 5.74) is 0.736. The Morgan fingerprint density at radius 2 is 1.88 bits per heavy atom. The van der Waals surface area contributed by atoms with Gasteiger partial charge >= 0.3 is 0 Å². The molecule has 0 N–H and O–H groups in total. The van der Waals surface area contributed by atoms with Crippen LogP contribution < -0.4 is 0 Å². The Bertz CT molecular complexity index is 872. The molecule has 0 radical (unpaired) electrons. The number of hydrogen-bond donors (Lipinski definition) is 0. The minimum absolute atomic E-state index is 0.0208. The van der Waals surface area contributed by atoms with Crippen LogP contribution >= 0.6 is 0 Å². The number of rotatable bonds is 4. The van der Waals surface area contributed by atoms with Gasteiger partial charge in [0.25, 0.3) is 0 Å². The summed E-state index contributed by atoms with van der Waals surface area (Å²) in [4.78, 5) is 18.4. The number of carbonyl (C=O) groups is 1. The number of benzene rings is 1. The molecule has 2 aromatic rings. The zero-order valence-electron chi connectivity index (χ0n) is 14.4. The lowest BCUT2D eigenvalue weighted by atomic mass is 10.0. The molecule has 0 saturated carbocycles. The zero-order valence-corrected chi connectivity index (χ0v) is 15.2. The lowest BCUT2D eigenvalue weighted by Crippen LogP contribution is -2.37. The lowest BCUT2D eigenvalue weighted by molar-refractivity contribution is -0.133. The van der Waals surface area contributed by atoms with Crippen LogP contribution in [-0.2, 0) is 21.2 Å². The van der Waals surface area contributed by atoms with Crippen LogP contribution in [0.25, 0.3) is 0 Å². The van der Waals surface area contributed by atoms with Crippen molar-refractivity contribution < 1.29 is 17.6 Å². The van der Waals surface area contributed by atoms with Crippen molar-refractivity contribution in [3.63, 3.8) is 0 Å². The number of halogens is 1. The predicted octanol–water partition coefficient (Wildman–Crippen LogP) is 1.54. The van der Waals surface area contributed by atoms with Crippen molar-refractivity contribution in [3.8, 4) is 0 Å². The largest absolute Gasteiger partial charge is 0.344 e. The van der Waals surface area contributed by atoms with E-state index in [1.165, 1.54) is 16.4 Å². The summed E-state index contributed by atoms with van der Waals surface area (Å²) in [6, 6.07) is 10.2. The van der Waals surface area contributed by atoms with Gasteiger partial charge in [0, 0.05) is 45.0 Å². The fourth-order valence-electron chi connectivity index (χ4n) is 3.00. The van der Waals surface area contributed by atoms with Crippen molar-refractivity contribution in [2.24, 2.45) is 5.92 Å². The molecule has 0 spiro atoms. The summed E-state index contributed by atoms with van der Waals surface area (Å²) in [5, 5.41) is 0. The molecule has 0 bridgehead atoms. The van der Waals surface area contributed by atoms with Gasteiger partial charge in [-0.15, -0.1) is 0 Å². The monoisotopic (exact) mass is 377 g/mol. The average Bonchev–Trinajstić information content (AvgIpc) is 2.77. The number of aromatic nitrogens is 1. The third-order valence-corrected chi connectivity index (χ3v) is 6.35. The molecule has 6 nitrogen and oxygen atoms in total. The highest BCUT2D eigenvalue weighted by Crippen LogP contribution is 2.22. The van der Waals surface area contributed by atoms with E-state index in [1.54, 1.807) is 24.2 Å².